The topological polar surface area (TPSA) is 70.7 Å². The van der Waals surface area contributed by atoms with E-state index in [1.807, 2.05) is 20.8 Å². The maximum Gasteiger partial charge on any atom is 0.275 e. The summed E-state index contributed by atoms with van der Waals surface area (Å²) in [5, 5.41) is 15.4. The predicted molar refractivity (Wildman–Crippen MR) is 81.6 cm³/mol. The summed E-state index contributed by atoms with van der Waals surface area (Å²) in [6.07, 6.45) is 0.802. The lowest BCUT2D eigenvalue weighted by Crippen LogP contribution is -2.63. The lowest BCUT2D eigenvalue weighted by Gasteiger charge is -2.49. The quantitative estimate of drug-likeness (QED) is 0.909. The van der Waals surface area contributed by atoms with Gasteiger partial charge in [-0.25, -0.2) is 4.98 Å². The van der Waals surface area contributed by atoms with Crippen LogP contribution in [0.5, 0.6) is 0 Å². The van der Waals surface area contributed by atoms with Gasteiger partial charge in [-0.3, -0.25) is 9.69 Å². The van der Waals surface area contributed by atoms with E-state index in [1.165, 1.54) is 15.9 Å². The van der Waals surface area contributed by atoms with Gasteiger partial charge >= 0.3 is 0 Å². The van der Waals surface area contributed by atoms with Gasteiger partial charge in [0.2, 0.25) is 4.96 Å². The van der Waals surface area contributed by atoms with E-state index in [0.29, 0.717) is 24.6 Å². The van der Waals surface area contributed by atoms with Crippen LogP contribution >= 0.6 is 11.3 Å². The molecule has 3 rings (SSSR count). The number of hydrogen-bond acceptors (Lipinski definition) is 6. The van der Waals surface area contributed by atoms with Gasteiger partial charge in [0, 0.05) is 25.7 Å². The molecule has 1 aliphatic heterocycles. The standard InChI is InChI=1S/C14H20N4O2S/c1-4-11-16-18-12(19)5-10(15-13(18)21-11)6-17-7-14(20,8-17)9(2)3/h5,9,20H,4,6-8H2,1-3H3. The van der Waals surface area contributed by atoms with Crippen molar-refractivity contribution in [1.82, 2.24) is 19.5 Å². The molecule has 0 aliphatic carbocycles. The number of aromatic nitrogens is 3. The zero-order valence-electron chi connectivity index (χ0n) is 12.5. The fourth-order valence-corrected chi connectivity index (χ4v) is 3.41. The van der Waals surface area contributed by atoms with Crippen molar-refractivity contribution in [2.24, 2.45) is 5.92 Å². The average molecular weight is 308 g/mol. The zero-order chi connectivity index (χ0) is 15.2. The Morgan fingerprint density at radius 1 is 1.48 bits per heavy atom. The van der Waals surface area contributed by atoms with E-state index in [0.717, 1.165) is 17.1 Å². The number of rotatable bonds is 4. The van der Waals surface area contributed by atoms with Crippen molar-refractivity contribution in [3.8, 4) is 0 Å². The Morgan fingerprint density at radius 2 is 2.19 bits per heavy atom. The number of fused-ring (bicyclic) bond motifs is 1. The van der Waals surface area contributed by atoms with Crippen LogP contribution in [0, 0.1) is 5.92 Å². The summed E-state index contributed by atoms with van der Waals surface area (Å²) in [5.41, 5.74) is 0.0154. The summed E-state index contributed by atoms with van der Waals surface area (Å²) in [4.78, 5) is 19.3. The highest BCUT2D eigenvalue weighted by Crippen LogP contribution is 2.29. The maximum atomic E-state index is 12.1. The van der Waals surface area contributed by atoms with Crippen molar-refractivity contribution >= 4 is 16.3 Å². The highest BCUT2D eigenvalue weighted by Gasteiger charge is 2.43. The minimum Gasteiger partial charge on any atom is -0.387 e. The van der Waals surface area contributed by atoms with Gasteiger partial charge in [0.1, 0.15) is 5.01 Å². The van der Waals surface area contributed by atoms with Crippen LogP contribution in [0.3, 0.4) is 0 Å². The number of β-amino-alcohol motifs (C(OH)–C–C–N with tert-alkyl or cyclic N) is 1. The van der Waals surface area contributed by atoms with E-state index in [4.69, 9.17) is 0 Å². The van der Waals surface area contributed by atoms with Gasteiger partial charge in [0.25, 0.3) is 5.56 Å². The molecule has 0 saturated carbocycles. The molecule has 6 nitrogen and oxygen atoms in total. The highest BCUT2D eigenvalue weighted by molar-refractivity contribution is 7.16. The maximum absolute atomic E-state index is 12.1. The van der Waals surface area contributed by atoms with Gasteiger partial charge in [-0.05, 0) is 12.3 Å². The van der Waals surface area contributed by atoms with E-state index in [9.17, 15) is 9.90 Å². The van der Waals surface area contributed by atoms with Gasteiger partial charge in [0.05, 0.1) is 11.3 Å². The normalized spacial score (nSPS) is 18.3. The van der Waals surface area contributed by atoms with Gasteiger partial charge in [-0.2, -0.15) is 9.61 Å². The number of nitrogens with zero attached hydrogens (tertiary/aromatic N) is 4. The van der Waals surface area contributed by atoms with Crippen LogP contribution in [0.25, 0.3) is 4.96 Å². The summed E-state index contributed by atoms with van der Waals surface area (Å²) < 4.78 is 1.37. The minimum atomic E-state index is -0.598. The molecule has 3 heterocycles. The first-order valence-corrected chi connectivity index (χ1v) is 8.06. The molecule has 0 unspecified atom stereocenters. The molecule has 1 fully saturated rings. The molecule has 1 aliphatic rings. The Morgan fingerprint density at radius 3 is 2.81 bits per heavy atom. The average Bonchev–Trinajstić information content (AvgIpc) is 2.80. The number of aryl methyl sites for hydroxylation is 1. The van der Waals surface area contributed by atoms with Gasteiger partial charge in [-0.15, -0.1) is 0 Å². The fraction of sp³-hybridized carbons (Fsp3) is 0.643. The summed E-state index contributed by atoms with van der Waals surface area (Å²) >= 11 is 1.46. The Hall–Kier alpha value is -1.31. The molecule has 0 aromatic carbocycles. The highest BCUT2D eigenvalue weighted by atomic mass is 32.1. The van der Waals surface area contributed by atoms with E-state index in [1.54, 1.807) is 6.07 Å². The second-order valence-corrected chi connectivity index (χ2v) is 7.07. The fourth-order valence-electron chi connectivity index (χ4n) is 2.55. The molecule has 0 bridgehead atoms. The van der Waals surface area contributed by atoms with Crippen molar-refractivity contribution in [3.63, 3.8) is 0 Å². The molecule has 0 spiro atoms. The second kappa shape index (κ2) is 5.15. The van der Waals surface area contributed by atoms with Gasteiger partial charge in [-0.1, -0.05) is 32.1 Å². The zero-order valence-corrected chi connectivity index (χ0v) is 13.4. The molecule has 0 atom stereocenters. The third-order valence-corrected chi connectivity index (χ3v) is 5.15. The van der Waals surface area contributed by atoms with E-state index >= 15 is 0 Å². The van der Waals surface area contributed by atoms with Crippen LogP contribution in [0.1, 0.15) is 31.5 Å². The third kappa shape index (κ3) is 2.61. The lowest BCUT2D eigenvalue weighted by atomic mass is 9.83. The first kappa shape index (κ1) is 14.6. The van der Waals surface area contributed by atoms with Crippen LogP contribution in [-0.4, -0.2) is 43.3 Å². The van der Waals surface area contributed by atoms with E-state index in [2.05, 4.69) is 15.0 Å². The van der Waals surface area contributed by atoms with Crippen LogP contribution in [0.15, 0.2) is 10.9 Å². The monoisotopic (exact) mass is 308 g/mol. The molecule has 1 saturated heterocycles. The Bertz CT molecular complexity index is 715. The van der Waals surface area contributed by atoms with Gasteiger partial charge < -0.3 is 5.11 Å². The Kier molecular flexibility index (Phi) is 3.59. The van der Waals surface area contributed by atoms with Crippen molar-refractivity contribution in [2.45, 2.75) is 39.3 Å². The third-order valence-electron chi connectivity index (χ3n) is 4.10. The number of aliphatic hydroxyl groups is 1. The van der Waals surface area contributed by atoms with Crippen molar-refractivity contribution in [3.05, 3.63) is 27.1 Å². The molecular formula is C14H20N4O2S. The van der Waals surface area contributed by atoms with Crippen molar-refractivity contribution in [2.75, 3.05) is 13.1 Å². The van der Waals surface area contributed by atoms with Crippen molar-refractivity contribution in [1.29, 1.82) is 0 Å². The van der Waals surface area contributed by atoms with Gasteiger partial charge in [0.15, 0.2) is 0 Å². The van der Waals surface area contributed by atoms with Crippen LogP contribution in [0.2, 0.25) is 0 Å². The Labute approximate surface area is 127 Å². The molecule has 114 valence electrons. The van der Waals surface area contributed by atoms with Crippen molar-refractivity contribution < 1.29 is 5.11 Å². The molecule has 21 heavy (non-hydrogen) atoms. The lowest BCUT2D eigenvalue weighted by molar-refractivity contribution is -0.131. The molecule has 2 aromatic rings. The molecular weight excluding hydrogens is 288 g/mol. The van der Waals surface area contributed by atoms with Crippen LogP contribution < -0.4 is 5.56 Å². The Balaban J connectivity index is 1.78. The first-order valence-electron chi connectivity index (χ1n) is 7.24. The molecule has 2 aromatic heterocycles. The van der Waals surface area contributed by atoms with E-state index in [-0.39, 0.29) is 11.5 Å². The van der Waals surface area contributed by atoms with Crippen LogP contribution in [0.4, 0.5) is 0 Å². The first-order chi connectivity index (χ1) is 9.91. The summed E-state index contributed by atoms with van der Waals surface area (Å²) in [5.74, 6) is 0.239. The second-order valence-electron chi connectivity index (χ2n) is 6.03. The molecule has 0 radical (unpaired) electrons. The molecule has 0 amide bonds. The van der Waals surface area contributed by atoms with Crippen LogP contribution in [-0.2, 0) is 13.0 Å². The smallest absolute Gasteiger partial charge is 0.275 e. The number of likely N-dealkylation sites (tertiary alicyclic amines) is 1. The summed E-state index contributed by atoms with van der Waals surface area (Å²) in [6, 6.07) is 1.54. The minimum absolute atomic E-state index is 0.134. The summed E-state index contributed by atoms with van der Waals surface area (Å²) in [7, 11) is 0. The molecule has 7 heteroatoms. The summed E-state index contributed by atoms with van der Waals surface area (Å²) in [6.45, 7) is 7.93. The SMILES string of the molecule is CCc1nn2c(=O)cc(CN3CC(O)(C(C)C)C3)nc2s1. The predicted octanol–water partition coefficient (Wildman–Crippen LogP) is 0.916. The largest absolute Gasteiger partial charge is 0.387 e. The number of hydrogen-bond donors (Lipinski definition) is 1. The molecule has 1 N–H and O–H groups in total. The van der Waals surface area contributed by atoms with E-state index < -0.39 is 5.60 Å².